The largest absolute Gasteiger partial charge is 0.0663 e. The minimum atomic E-state index is 1.24. The van der Waals surface area contributed by atoms with Crippen LogP contribution in [0.4, 0.5) is 0 Å². The number of benzene rings is 1. The van der Waals surface area contributed by atoms with E-state index in [1.165, 1.54) is 38.5 Å². The van der Waals surface area contributed by atoms with Crippen LogP contribution in [0.15, 0.2) is 35.4 Å². The third-order valence-electron chi connectivity index (χ3n) is 3.63. The third kappa shape index (κ3) is 1.30. The van der Waals surface area contributed by atoms with Gasteiger partial charge in [-0.05, 0) is 49.7 Å². The summed E-state index contributed by atoms with van der Waals surface area (Å²) >= 11 is 0. The molecule has 72 valence electrons. The molecular formula is C14H16. The van der Waals surface area contributed by atoms with Crippen molar-refractivity contribution in [3.05, 3.63) is 46.5 Å². The first-order valence-electron chi connectivity index (χ1n) is 5.70. The molecular weight excluding hydrogens is 168 g/mol. The Labute approximate surface area is 85.6 Å². The first kappa shape index (κ1) is 8.28. The molecule has 1 aromatic carbocycles. The zero-order valence-corrected chi connectivity index (χ0v) is 8.55. The van der Waals surface area contributed by atoms with Gasteiger partial charge in [-0.2, -0.15) is 0 Å². The zero-order valence-electron chi connectivity index (χ0n) is 8.55. The Morgan fingerprint density at radius 2 is 1.21 bits per heavy atom. The first-order valence-corrected chi connectivity index (χ1v) is 5.70. The predicted octanol–water partition coefficient (Wildman–Crippen LogP) is 3.66. The molecule has 0 amide bonds. The van der Waals surface area contributed by atoms with E-state index in [9.17, 15) is 0 Å². The van der Waals surface area contributed by atoms with Crippen LogP contribution in [0.1, 0.15) is 36.8 Å². The topological polar surface area (TPSA) is 0 Å². The van der Waals surface area contributed by atoms with Gasteiger partial charge in [0.05, 0.1) is 0 Å². The smallest absolute Gasteiger partial charge is 0.00615 e. The number of hydrogen-bond donors (Lipinski definition) is 0. The Morgan fingerprint density at radius 1 is 0.714 bits per heavy atom. The Balaban J connectivity index is 1.99. The molecule has 0 spiro atoms. The maximum absolute atomic E-state index is 2.30. The summed E-state index contributed by atoms with van der Waals surface area (Å²) in [6.45, 7) is 0. The van der Waals surface area contributed by atoms with E-state index in [1.807, 2.05) is 0 Å². The van der Waals surface area contributed by atoms with Crippen LogP contribution in [0, 0.1) is 0 Å². The summed E-state index contributed by atoms with van der Waals surface area (Å²) in [5, 5.41) is 0. The number of allylic oxidation sites excluding steroid dienone is 2. The Kier molecular flexibility index (Phi) is 1.93. The van der Waals surface area contributed by atoms with Crippen LogP contribution in [0.2, 0.25) is 0 Å². The quantitative estimate of drug-likeness (QED) is 0.540. The molecule has 0 aromatic heterocycles. The lowest BCUT2D eigenvalue weighted by atomic mass is 9.79. The summed E-state index contributed by atoms with van der Waals surface area (Å²) in [7, 11) is 0. The van der Waals surface area contributed by atoms with Crippen LogP contribution in [0.5, 0.6) is 0 Å². The summed E-state index contributed by atoms with van der Waals surface area (Å²) in [6, 6.07) is 8.95. The van der Waals surface area contributed by atoms with Crippen LogP contribution in [-0.4, -0.2) is 0 Å². The summed E-state index contributed by atoms with van der Waals surface area (Å²) in [4.78, 5) is 0. The lowest BCUT2D eigenvalue weighted by molar-refractivity contribution is 0.636. The monoisotopic (exact) mass is 184 g/mol. The molecule has 0 atom stereocenters. The van der Waals surface area contributed by atoms with Crippen LogP contribution in [-0.2, 0) is 12.8 Å². The van der Waals surface area contributed by atoms with Gasteiger partial charge in [-0.1, -0.05) is 35.4 Å². The van der Waals surface area contributed by atoms with Gasteiger partial charge in [-0.3, -0.25) is 0 Å². The molecule has 0 fully saturated rings. The zero-order chi connectivity index (χ0) is 9.38. The van der Waals surface area contributed by atoms with Crippen LogP contribution >= 0.6 is 0 Å². The van der Waals surface area contributed by atoms with Gasteiger partial charge in [-0.25, -0.2) is 0 Å². The van der Waals surface area contributed by atoms with E-state index in [0.717, 1.165) is 0 Å². The fourth-order valence-electron chi connectivity index (χ4n) is 2.82. The van der Waals surface area contributed by atoms with Gasteiger partial charge in [0.15, 0.2) is 0 Å². The van der Waals surface area contributed by atoms with E-state index >= 15 is 0 Å². The number of rotatable bonds is 0. The van der Waals surface area contributed by atoms with Crippen LogP contribution in [0.25, 0.3) is 0 Å². The molecule has 0 heteroatoms. The van der Waals surface area contributed by atoms with Crippen molar-refractivity contribution in [2.24, 2.45) is 0 Å². The second kappa shape index (κ2) is 3.27. The van der Waals surface area contributed by atoms with Gasteiger partial charge in [0, 0.05) is 0 Å². The molecule has 0 bridgehead atoms. The van der Waals surface area contributed by atoms with Gasteiger partial charge in [0.1, 0.15) is 0 Å². The molecule has 0 radical (unpaired) electrons. The van der Waals surface area contributed by atoms with Gasteiger partial charge in [0.25, 0.3) is 0 Å². The van der Waals surface area contributed by atoms with E-state index in [4.69, 9.17) is 0 Å². The van der Waals surface area contributed by atoms with Gasteiger partial charge in [0.2, 0.25) is 0 Å². The number of fused-ring (bicyclic) bond motifs is 1. The second-order valence-corrected chi connectivity index (χ2v) is 4.54. The second-order valence-electron chi connectivity index (χ2n) is 4.54. The predicted molar refractivity (Wildman–Crippen MR) is 59.3 cm³/mol. The highest BCUT2D eigenvalue weighted by atomic mass is 14.2. The average Bonchev–Trinajstić information content (AvgIpc) is 2.26. The molecule has 3 rings (SSSR count). The van der Waals surface area contributed by atoms with Crippen molar-refractivity contribution in [3.63, 3.8) is 0 Å². The summed E-state index contributed by atoms with van der Waals surface area (Å²) in [5.74, 6) is 0. The molecule has 0 N–H and O–H groups in total. The SMILES string of the molecule is c1ccc2c(c1)CC1=C(CCCC1)C2. The van der Waals surface area contributed by atoms with Crippen molar-refractivity contribution in [1.82, 2.24) is 0 Å². The van der Waals surface area contributed by atoms with Crippen molar-refractivity contribution in [2.75, 3.05) is 0 Å². The standard InChI is InChI=1S/C14H16/c1-2-6-12-10-14-8-4-3-7-13(14)9-11(12)5-1/h1-2,5-6H,3-4,7-10H2. The van der Waals surface area contributed by atoms with Gasteiger partial charge in [-0.15, -0.1) is 0 Å². The fourth-order valence-corrected chi connectivity index (χ4v) is 2.82. The molecule has 0 aliphatic heterocycles. The Morgan fingerprint density at radius 3 is 1.71 bits per heavy atom. The van der Waals surface area contributed by atoms with Crippen LogP contribution in [0.3, 0.4) is 0 Å². The van der Waals surface area contributed by atoms with Gasteiger partial charge >= 0.3 is 0 Å². The first-order chi connectivity index (χ1) is 6.93. The minimum Gasteiger partial charge on any atom is -0.0663 e. The molecule has 2 aliphatic carbocycles. The summed E-state index contributed by atoms with van der Waals surface area (Å²) in [6.07, 6.45) is 8.05. The van der Waals surface area contributed by atoms with E-state index in [-0.39, 0.29) is 0 Å². The summed E-state index contributed by atoms with van der Waals surface area (Å²) in [5.41, 5.74) is 6.67. The van der Waals surface area contributed by atoms with Gasteiger partial charge < -0.3 is 0 Å². The average molecular weight is 184 g/mol. The molecule has 1 aromatic rings. The molecule has 0 unspecified atom stereocenters. The summed E-state index contributed by atoms with van der Waals surface area (Å²) < 4.78 is 0. The molecule has 14 heavy (non-hydrogen) atoms. The maximum atomic E-state index is 2.30. The molecule has 0 saturated carbocycles. The molecule has 0 nitrogen and oxygen atoms in total. The molecule has 2 aliphatic rings. The minimum absolute atomic E-state index is 1.24. The van der Waals surface area contributed by atoms with E-state index in [0.29, 0.717) is 0 Å². The lowest BCUT2D eigenvalue weighted by Crippen LogP contribution is -2.12. The lowest BCUT2D eigenvalue weighted by Gasteiger charge is -2.26. The van der Waals surface area contributed by atoms with E-state index in [2.05, 4.69) is 24.3 Å². The highest BCUT2D eigenvalue weighted by Gasteiger charge is 2.19. The maximum Gasteiger partial charge on any atom is -0.00615 e. The number of hydrogen-bond acceptors (Lipinski definition) is 0. The Hall–Kier alpha value is -1.04. The third-order valence-corrected chi connectivity index (χ3v) is 3.63. The van der Waals surface area contributed by atoms with E-state index in [1.54, 1.807) is 22.3 Å². The highest BCUT2D eigenvalue weighted by Crippen LogP contribution is 2.34. The van der Waals surface area contributed by atoms with Crippen molar-refractivity contribution in [2.45, 2.75) is 38.5 Å². The van der Waals surface area contributed by atoms with Crippen molar-refractivity contribution >= 4 is 0 Å². The van der Waals surface area contributed by atoms with Crippen molar-refractivity contribution in [3.8, 4) is 0 Å². The van der Waals surface area contributed by atoms with Crippen LogP contribution < -0.4 is 0 Å². The molecule has 0 heterocycles. The fraction of sp³-hybridized carbons (Fsp3) is 0.429. The van der Waals surface area contributed by atoms with Crippen molar-refractivity contribution in [1.29, 1.82) is 0 Å². The Bertz CT molecular complexity index is 348. The highest BCUT2D eigenvalue weighted by molar-refractivity contribution is 5.41. The van der Waals surface area contributed by atoms with Crippen molar-refractivity contribution < 1.29 is 0 Å². The molecule has 0 saturated heterocycles. The normalized spacial score (nSPS) is 20.3. The van der Waals surface area contributed by atoms with E-state index < -0.39 is 0 Å².